The lowest BCUT2D eigenvalue weighted by atomic mass is 9.88. The van der Waals surface area contributed by atoms with Crippen molar-refractivity contribution >= 4 is 28.4 Å². The lowest BCUT2D eigenvalue weighted by molar-refractivity contribution is -0.136. The summed E-state index contributed by atoms with van der Waals surface area (Å²) in [4.78, 5) is 33.0. The number of piperidine rings is 1. The van der Waals surface area contributed by atoms with Gasteiger partial charge in [0.2, 0.25) is 11.8 Å². The van der Waals surface area contributed by atoms with Crippen molar-refractivity contribution in [1.82, 2.24) is 9.88 Å². The van der Waals surface area contributed by atoms with Crippen molar-refractivity contribution in [2.24, 2.45) is 5.92 Å². The molecule has 0 unspecified atom stereocenters. The van der Waals surface area contributed by atoms with E-state index in [2.05, 4.69) is 29.4 Å². The summed E-state index contributed by atoms with van der Waals surface area (Å²) in [5.74, 6) is 1.37. The molecule has 0 saturated carbocycles. The van der Waals surface area contributed by atoms with Crippen molar-refractivity contribution in [2.75, 3.05) is 38.8 Å². The maximum Gasteiger partial charge on any atom is 0.228 e. The summed E-state index contributed by atoms with van der Waals surface area (Å²) in [7, 11) is 3.16. The Morgan fingerprint density at radius 2 is 1.85 bits per heavy atom. The van der Waals surface area contributed by atoms with E-state index in [9.17, 15) is 9.59 Å². The first-order valence-corrected chi connectivity index (χ1v) is 11.5. The number of fused-ring (bicyclic) bond motifs is 1. The number of carbonyl (C=O) groups excluding carboxylic acids is 2. The summed E-state index contributed by atoms with van der Waals surface area (Å²) in [6, 6.07) is 13.7. The van der Waals surface area contributed by atoms with Gasteiger partial charge in [-0.25, -0.2) is 0 Å². The van der Waals surface area contributed by atoms with Crippen LogP contribution in [0.15, 0.2) is 48.7 Å². The fourth-order valence-corrected chi connectivity index (χ4v) is 5.21. The Balaban J connectivity index is 1.24. The van der Waals surface area contributed by atoms with E-state index in [-0.39, 0.29) is 24.2 Å². The monoisotopic (exact) mass is 447 g/mol. The van der Waals surface area contributed by atoms with Gasteiger partial charge in [-0.3, -0.25) is 9.59 Å². The predicted molar refractivity (Wildman–Crippen MR) is 127 cm³/mol. The van der Waals surface area contributed by atoms with Crippen LogP contribution < -0.4 is 14.4 Å². The molecule has 2 aliphatic heterocycles. The second-order valence-corrected chi connectivity index (χ2v) is 8.83. The third-order valence-corrected chi connectivity index (χ3v) is 7.02. The van der Waals surface area contributed by atoms with Crippen LogP contribution in [0.4, 0.5) is 5.69 Å². The number of H-pyrrole nitrogens is 1. The maximum atomic E-state index is 13.3. The molecule has 2 aromatic carbocycles. The molecule has 3 heterocycles. The summed E-state index contributed by atoms with van der Waals surface area (Å²) in [5, 5.41) is 1.27. The van der Waals surface area contributed by atoms with E-state index < -0.39 is 0 Å². The normalized spacial score (nSPS) is 19.3. The van der Waals surface area contributed by atoms with Crippen molar-refractivity contribution in [1.29, 1.82) is 0 Å². The van der Waals surface area contributed by atoms with Crippen LogP contribution in [0.2, 0.25) is 0 Å². The Bertz CT molecular complexity index is 1180. The Hall–Kier alpha value is -3.48. The second-order valence-electron chi connectivity index (χ2n) is 8.83. The van der Waals surface area contributed by atoms with E-state index in [0.717, 1.165) is 31.4 Å². The Morgan fingerprint density at radius 1 is 1.06 bits per heavy atom. The number of methoxy groups -OCH3 is 2. The molecule has 172 valence electrons. The van der Waals surface area contributed by atoms with Crippen LogP contribution in [0.1, 0.15) is 30.7 Å². The van der Waals surface area contributed by atoms with Gasteiger partial charge in [-0.05, 0) is 42.5 Å². The molecule has 3 aromatic rings. The van der Waals surface area contributed by atoms with E-state index in [1.807, 2.05) is 17.0 Å². The minimum atomic E-state index is -0.325. The third kappa shape index (κ3) is 3.92. The molecule has 0 aliphatic carbocycles. The van der Waals surface area contributed by atoms with Crippen molar-refractivity contribution in [3.05, 3.63) is 54.2 Å². The first-order chi connectivity index (χ1) is 16.1. The number of aromatic amines is 1. The molecule has 2 aliphatic rings. The van der Waals surface area contributed by atoms with Crippen molar-refractivity contribution < 1.29 is 19.1 Å². The smallest absolute Gasteiger partial charge is 0.228 e. The molecule has 0 spiro atoms. The Labute approximate surface area is 193 Å². The van der Waals surface area contributed by atoms with E-state index in [4.69, 9.17) is 9.47 Å². The number of rotatable bonds is 5. The first-order valence-electron chi connectivity index (χ1n) is 11.5. The number of ether oxygens (including phenoxy) is 2. The topological polar surface area (TPSA) is 74.9 Å². The van der Waals surface area contributed by atoms with Gasteiger partial charge in [0.05, 0.1) is 25.8 Å². The van der Waals surface area contributed by atoms with E-state index >= 15 is 0 Å². The van der Waals surface area contributed by atoms with Crippen LogP contribution in [0.25, 0.3) is 10.9 Å². The summed E-state index contributed by atoms with van der Waals surface area (Å²) < 4.78 is 10.7. The molecular formula is C26H29N3O4. The van der Waals surface area contributed by atoms with Crippen LogP contribution in [0, 0.1) is 5.92 Å². The highest BCUT2D eigenvalue weighted by molar-refractivity contribution is 6.01. The number of nitrogens with one attached hydrogen (secondary N) is 1. The van der Waals surface area contributed by atoms with Gasteiger partial charge in [-0.15, -0.1) is 0 Å². The van der Waals surface area contributed by atoms with Gasteiger partial charge in [0.25, 0.3) is 0 Å². The SMILES string of the molecule is COc1ccc(N2C[C@H](C(=O)N3CCC(c4c[nH]c5ccccc45)CC3)CC2=O)c(OC)c1. The second kappa shape index (κ2) is 8.81. The molecule has 33 heavy (non-hydrogen) atoms. The van der Waals surface area contributed by atoms with Gasteiger partial charge in [-0.2, -0.15) is 0 Å². The third-order valence-electron chi connectivity index (χ3n) is 7.02. The Morgan fingerprint density at radius 3 is 2.61 bits per heavy atom. The van der Waals surface area contributed by atoms with E-state index in [1.165, 1.54) is 10.9 Å². The Kier molecular flexibility index (Phi) is 5.70. The fourth-order valence-electron chi connectivity index (χ4n) is 5.21. The molecule has 7 nitrogen and oxygen atoms in total. The number of para-hydroxylation sites is 1. The lowest BCUT2D eigenvalue weighted by Gasteiger charge is -2.33. The number of likely N-dealkylation sites (tertiary alicyclic amines) is 1. The van der Waals surface area contributed by atoms with Gasteiger partial charge in [0, 0.05) is 49.2 Å². The fraction of sp³-hybridized carbons (Fsp3) is 0.385. The zero-order chi connectivity index (χ0) is 22.9. The van der Waals surface area contributed by atoms with Gasteiger partial charge < -0.3 is 24.3 Å². The summed E-state index contributed by atoms with van der Waals surface area (Å²) >= 11 is 0. The highest BCUT2D eigenvalue weighted by Crippen LogP contribution is 2.37. The van der Waals surface area contributed by atoms with Crippen LogP contribution in [0.5, 0.6) is 11.5 Å². The summed E-state index contributed by atoms with van der Waals surface area (Å²) in [5.41, 5.74) is 3.17. The van der Waals surface area contributed by atoms with E-state index in [0.29, 0.717) is 29.6 Å². The standard InChI is InChI=1S/C26H29N3O4/c1-32-19-7-8-23(24(14-19)33-2)29-16-18(13-25(29)30)26(31)28-11-9-17(10-12-28)21-15-27-22-6-4-3-5-20(21)22/h3-8,14-15,17-18,27H,9-13,16H2,1-2H3/t18-/m1/s1. The van der Waals surface area contributed by atoms with Crippen LogP contribution >= 0.6 is 0 Å². The molecular weight excluding hydrogens is 418 g/mol. The number of hydrogen-bond donors (Lipinski definition) is 1. The minimum absolute atomic E-state index is 0.0505. The molecule has 0 bridgehead atoms. The van der Waals surface area contributed by atoms with Crippen molar-refractivity contribution in [3.8, 4) is 11.5 Å². The average molecular weight is 448 g/mol. The van der Waals surface area contributed by atoms with Crippen LogP contribution in [-0.2, 0) is 9.59 Å². The largest absolute Gasteiger partial charge is 0.497 e. The summed E-state index contributed by atoms with van der Waals surface area (Å²) in [6.07, 6.45) is 4.22. The molecule has 2 fully saturated rings. The lowest BCUT2D eigenvalue weighted by Crippen LogP contribution is -2.42. The molecule has 1 atom stereocenters. The molecule has 0 radical (unpaired) electrons. The number of carbonyl (C=O) groups is 2. The van der Waals surface area contributed by atoms with Crippen molar-refractivity contribution in [2.45, 2.75) is 25.2 Å². The number of aromatic nitrogens is 1. The average Bonchev–Trinajstić information content (AvgIpc) is 3.47. The summed E-state index contributed by atoms with van der Waals surface area (Å²) in [6.45, 7) is 1.82. The number of anilines is 1. The molecule has 7 heteroatoms. The minimum Gasteiger partial charge on any atom is -0.497 e. The van der Waals surface area contributed by atoms with Gasteiger partial charge in [0.15, 0.2) is 0 Å². The maximum absolute atomic E-state index is 13.3. The molecule has 2 amide bonds. The molecule has 1 aromatic heterocycles. The number of hydrogen-bond acceptors (Lipinski definition) is 4. The van der Waals surface area contributed by atoms with Gasteiger partial charge in [-0.1, -0.05) is 18.2 Å². The highest BCUT2D eigenvalue weighted by Gasteiger charge is 2.39. The van der Waals surface area contributed by atoms with Gasteiger partial charge in [0.1, 0.15) is 11.5 Å². The predicted octanol–water partition coefficient (Wildman–Crippen LogP) is 3.94. The first kappa shape index (κ1) is 21.4. The van der Waals surface area contributed by atoms with Crippen molar-refractivity contribution in [3.63, 3.8) is 0 Å². The number of benzene rings is 2. The molecule has 5 rings (SSSR count). The zero-order valence-corrected chi connectivity index (χ0v) is 19.0. The molecule has 1 N–H and O–H groups in total. The highest BCUT2D eigenvalue weighted by atomic mass is 16.5. The number of nitrogens with zero attached hydrogens (tertiary/aromatic N) is 2. The zero-order valence-electron chi connectivity index (χ0n) is 19.0. The quantitative estimate of drug-likeness (QED) is 0.643. The van der Waals surface area contributed by atoms with Crippen LogP contribution in [0.3, 0.4) is 0 Å². The van der Waals surface area contributed by atoms with Gasteiger partial charge >= 0.3 is 0 Å². The van der Waals surface area contributed by atoms with E-state index in [1.54, 1.807) is 31.3 Å². The molecule has 2 saturated heterocycles. The number of amides is 2. The van der Waals surface area contributed by atoms with Crippen LogP contribution in [-0.4, -0.2) is 55.6 Å².